The van der Waals surface area contributed by atoms with E-state index in [0.717, 1.165) is 32.1 Å². The van der Waals surface area contributed by atoms with E-state index in [0.29, 0.717) is 24.2 Å². The number of fused-ring (bicyclic) bond motifs is 5. The van der Waals surface area contributed by atoms with Crippen LogP contribution in [-0.2, 0) is 14.3 Å². The van der Waals surface area contributed by atoms with Crippen LogP contribution in [0.5, 0.6) is 0 Å². The van der Waals surface area contributed by atoms with Gasteiger partial charge in [0.2, 0.25) is 0 Å². The van der Waals surface area contributed by atoms with Gasteiger partial charge in [0, 0.05) is 19.4 Å². The highest BCUT2D eigenvalue weighted by Gasteiger charge is 2.63. The molecule has 2 saturated carbocycles. The van der Waals surface area contributed by atoms with E-state index in [1.807, 2.05) is 0 Å². The first-order valence-corrected chi connectivity index (χ1v) is 15.0. The maximum atomic E-state index is 11.8. The van der Waals surface area contributed by atoms with Gasteiger partial charge >= 0.3 is 5.97 Å². The largest absolute Gasteiger partial charge is 0.462 e. The standard InChI is InChI=1S/C33H54O5/c1-21(10-13-27(36)33(8,20-34)37-9)23-14-18-32(7)25-11-12-26-29(3,4)28(38-22(2)35)16-17-30(26,5)24(25)15-19-31(23,32)6/h11,15,21,23,26-28,34,36H,10,12-14,16-20H2,1-9H3. The highest BCUT2D eigenvalue weighted by Crippen LogP contribution is 2.71. The number of carbonyl (C=O) groups is 1. The minimum absolute atomic E-state index is 0.0177. The molecule has 4 aliphatic rings. The summed E-state index contributed by atoms with van der Waals surface area (Å²) in [6.07, 6.45) is 12.6. The third-order valence-electron chi connectivity index (χ3n) is 12.6. The Hall–Kier alpha value is -1.17. The fraction of sp³-hybridized carbons (Fsp3) is 0.848. The Balaban J connectivity index is 1.57. The van der Waals surface area contributed by atoms with Gasteiger partial charge in [-0.3, -0.25) is 4.79 Å². The average Bonchev–Trinajstić information content (AvgIpc) is 3.14. The van der Waals surface area contributed by atoms with Crippen molar-refractivity contribution in [3.63, 3.8) is 0 Å². The topological polar surface area (TPSA) is 76.0 Å². The maximum Gasteiger partial charge on any atom is 0.302 e. The molecule has 5 nitrogen and oxygen atoms in total. The van der Waals surface area contributed by atoms with E-state index in [-0.39, 0.29) is 40.3 Å². The van der Waals surface area contributed by atoms with E-state index in [4.69, 9.17) is 9.47 Å². The molecule has 5 heteroatoms. The molecule has 2 N–H and O–H groups in total. The van der Waals surface area contributed by atoms with Gasteiger partial charge < -0.3 is 19.7 Å². The number of esters is 1. The molecule has 4 rings (SSSR count). The van der Waals surface area contributed by atoms with E-state index >= 15 is 0 Å². The molecule has 0 aliphatic heterocycles. The number of aliphatic hydroxyl groups excluding tert-OH is 2. The van der Waals surface area contributed by atoms with Crippen LogP contribution in [0.2, 0.25) is 0 Å². The Labute approximate surface area is 231 Å². The minimum Gasteiger partial charge on any atom is -0.462 e. The van der Waals surface area contributed by atoms with Crippen molar-refractivity contribution in [3.8, 4) is 0 Å². The van der Waals surface area contributed by atoms with Crippen LogP contribution in [0.4, 0.5) is 0 Å². The molecule has 0 spiro atoms. The number of hydrogen-bond acceptors (Lipinski definition) is 5. The molecule has 216 valence electrons. The summed E-state index contributed by atoms with van der Waals surface area (Å²) >= 11 is 0. The summed E-state index contributed by atoms with van der Waals surface area (Å²) in [6, 6.07) is 0. The van der Waals surface area contributed by atoms with Crippen LogP contribution in [0, 0.1) is 39.4 Å². The van der Waals surface area contributed by atoms with Gasteiger partial charge in [0.05, 0.1) is 12.7 Å². The average molecular weight is 531 g/mol. The summed E-state index contributed by atoms with van der Waals surface area (Å²) in [6.45, 7) is 17.7. The number of rotatable bonds is 8. The number of carbonyl (C=O) groups excluding carboxylic acids is 1. The van der Waals surface area contributed by atoms with Crippen LogP contribution in [-0.4, -0.2) is 47.7 Å². The molecule has 38 heavy (non-hydrogen) atoms. The van der Waals surface area contributed by atoms with Crippen molar-refractivity contribution < 1.29 is 24.5 Å². The Bertz CT molecular complexity index is 976. The number of allylic oxidation sites excluding steroid dienone is 4. The molecule has 9 atom stereocenters. The van der Waals surface area contributed by atoms with Gasteiger partial charge in [-0.05, 0) is 103 Å². The summed E-state index contributed by atoms with van der Waals surface area (Å²) in [7, 11) is 1.56. The smallest absolute Gasteiger partial charge is 0.302 e. The Morgan fingerprint density at radius 1 is 1.11 bits per heavy atom. The number of ether oxygens (including phenoxy) is 2. The fourth-order valence-corrected chi connectivity index (χ4v) is 9.58. The number of aliphatic hydroxyl groups is 2. The zero-order valence-corrected chi connectivity index (χ0v) is 25.5. The Morgan fingerprint density at radius 2 is 1.79 bits per heavy atom. The second kappa shape index (κ2) is 10.0. The van der Waals surface area contributed by atoms with Crippen molar-refractivity contribution in [3.05, 3.63) is 23.3 Å². The van der Waals surface area contributed by atoms with Gasteiger partial charge in [-0.2, -0.15) is 0 Å². The van der Waals surface area contributed by atoms with Crippen molar-refractivity contribution >= 4 is 5.97 Å². The van der Waals surface area contributed by atoms with Crippen LogP contribution < -0.4 is 0 Å². The van der Waals surface area contributed by atoms with Gasteiger partial charge in [-0.25, -0.2) is 0 Å². The van der Waals surface area contributed by atoms with Crippen molar-refractivity contribution in [2.75, 3.05) is 13.7 Å². The van der Waals surface area contributed by atoms with E-state index in [1.165, 1.54) is 19.8 Å². The SMILES string of the molecule is COC(C)(CO)C(O)CCC(C)C1CCC2(C)C3=CCC4C(C)(CCC(OC(C)=O)C4(C)C)C3=CCC12C. The van der Waals surface area contributed by atoms with Gasteiger partial charge in [0.15, 0.2) is 0 Å². The van der Waals surface area contributed by atoms with Gasteiger partial charge in [-0.1, -0.05) is 53.7 Å². The van der Waals surface area contributed by atoms with E-state index in [1.54, 1.807) is 25.2 Å². The van der Waals surface area contributed by atoms with E-state index < -0.39 is 11.7 Å². The molecule has 0 saturated heterocycles. The molecule has 0 amide bonds. The lowest BCUT2D eigenvalue weighted by Gasteiger charge is -2.61. The molecular formula is C33H54O5. The summed E-state index contributed by atoms with van der Waals surface area (Å²) in [5, 5.41) is 20.5. The van der Waals surface area contributed by atoms with E-state index in [9.17, 15) is 15.0 Å². The first-order valence-electron chi connectivity index (χ1n) is 15.0. The highest BCUT2D eigenvalue weighted by molar-refractivity contribution is 5.66. The number of hydrogen-bond donors (Lipinski definition) is 2. The molecule has 0 radical (unpaired) electrons. The minimum atomic E-state index is -0.905. The molecule has 0 heterocycles. The molecule has 0 aromatic heterocycles. The molecule has 4 aliphatic carbocycles. The second-order valence-electron chi connectivity index (χ2n) is 14.7. The predicted molar refractivity (Wildman–Crippen MR) is 151 cm³/mol. The van der Waals surface area contributed by atoms with Crippen molar-refractivity contribution in [1.82, 2.24) is 0 Å². The third kappa shape index (κ3) is 4.34. The lowest BCUT2D eigenvalue weighted by Crippen LogP contribution is -2.55. The second-order valence-corrected chi connectivity index (χ2v) is 14.7. The van der Waals surface area contributed by atoms with Gasteiger partial charge in [-0.15, -0.1) is 0 Å². The molecule has 0 aromatic carbocycles. The predicted octanol–water partition coefficient (Wildman–Crippen LogP) is 6.62. The van der Waals surface area contributed by atoms with Crippen molar-refractivity contribution in [2.45, 2.75) is 125 Å². The first kappa shape index (κ1) is 29.8. The summed E-state index contributed by atoms with van der Waals surface area (Å²) in [5.41, 5.74) is 2.63. The van der Waals surface area contributed by atoms with Crippen LogP contribution in [0.15, 0.2) is 23.3 Å². The first-order chi connectivity index (χ1) is 17.6. The van der Waals surface area contributed by atoms with Crippen LogP contribution in [0.1, 0.15) is 107 Å². The normalized spacial score (nSPS) is 41.0. The monoisotopic (exact) mass is 530 g/mol. The van der Waals surface area contributed by atoms with Crippen LogP contribution in [0.3, 0.4) is 0 Å². The van der Waals surface area contributed by atoms with Crippen LogP contribution >= 0.6 is 0 Å². The molecule has 0 bridgehead atoms. The molecule has 0 aromatic rings. The lowest BCUT2D eigenvalue weighted by atomic mass is 9.44. The molecule has 9 unspecified atom stereocenters. The van der Waals surface area contributed by atoms with Crippen molar-refractivity contribution in [1.29, 1.82) is 0 Å². The Morgan fingerprint density at radius 3 is 2.39 bits per heavy atom. The van der Waals surface area contributed by atoms with Crippen molar-refractivity contribution in [2.24, 2.45) is 39.4 Å². The molecule has 2 fully saturated rings. The zero-order chi connectivity index (χ0) is 28.3. The Kier molecular flexibility index (Phi) is 7.87. The molecular weight excluding hydrogens is 476 g/mol. The summed E-state index contributed by atoms with van der Waals surface area (Å²) < 4.78 is 11.3. The van der Waals surface area contributed by atoms with Crippen LogP contribution in [0.25, 0.3) is 0 Å². The zero-order valence-electron chi connectivity index (χ0n) is 25.5. The quantitative estimate of drug-likeness (QED) is 0.345. The highest BCUT2D eigenvalue weighted by atomic mass is 16.5. The summed E-state index contributed by atoms with van der Waals surface area (Å²) in [5.74, 6) is 1.36. The van der Waals surface area contributed by atoms with Gasteiger partial charge in [0.1, 0.15) is 11.7 Å². The fourth-order valence-electron chi connectivity index (χ4n) is 9.58. The third-order valence-corrected chi connectivity index (χ3v) is 12.6. The van der Waals surface area contributed by atoms with Gasteiger partial charge in [0.25, 0.3) is 0 Å². The maximum absolute atomic E-state index is 11.8. The number of methoxy groups -OCH3 is 1. The van der Waals surface area contributed by atoms with E-state index in [2.05, 4.69) is 53.7 Å². The lowest BCUT2D eigenvalue weighted by molar-refractivity contribution is -0.165. The summed E-state index contributed by atoms with van der Waals surface area (Å²) in [4.78, 5) is 11.8.